The van der Waals surface area contributed by atoms with Crippen LogP contribution in [-0.2, 0) is 0 Å². The molecule has 3 rings (SSSR count). The van der Waals surface area contributed by atoms with E-state index in [1.165, 1.54) is 10.6 Å². The van der Waals surface area contributed by atoms with E-state index in [0.717, 1.165) is 5.30 Å². The van der Waals surface area contributed by atoms with Gasteiger partial charge in [0.1, 0.15) is 27.8 Å². The van der Waals surface area contributed by atoms with E-state index in [1.807, 2.05) is 30.3 Å². The van der Waals surface area contributed by atoms with Crippen LogP contribution in [0.5, 0.6) is 0 Å². The molecule has 0 radical (unpaired) electrons. The zero-order valence-corrected chi connectivity index (χ0v) is 16.6. The van der Waals surface area contributed by atoms with Crippen LogP contribution in [0.15, 0.2) is 91.0 Å². The summed E-state index contributed by atoms with van der Waals surface area (Å²) in [6, 6.07) is 31.1. The van der Waals surface area contributed by atoms with Gasteiger partial charge in [0, 0.05) is 5.30 Å². The summed E-state index contributed by atoms with van der Waals surface area (Å²) in [5.74, 6) is 0. The predicted octanol–water partition coefficient (Wildman–Crippen LogP) is 6.28. The third-order valence-electron chi connectivity index (χ3n) is 3.33. The molecular formula is C18H16Cl2P3+. The summed E-state index contributed by atoms with van der Waals surface area (Å²) in [5, 5.41) is 3.65. The van der Waals surface area contributed by atoms with Crippen molar-refractivity contribution in [3.63, 3.8) is 0 Å². The molecule has 0 bridgehead atoms. The summed E-state index contributed by atoms with van der Waals surface area (Å²) >= 11 is 14.0. The second-order valence-corrected chi connectivity index (χ2v) is 19.5. The molecule has 5 heteroatoms. The quantitative estimate of drug-likeness (QED) is 0.446. The molecule has 0 N–H and O–H groups in total. The number of hydrogen-bond acceptors (Lipinski definition) is 0. The van der Waals surface area contributed by atoms with E-state index in [9.17, 15) is 0 Å². The van der Waals surface area contributed by atoms with Crippen LogP contribution >= 0.6 is 43.7 Å². The van der Waals surface area contributed by atoms with E-state index in [1.54, 1.807) is 0 Å². The molecule has 0 amide bonds. The molecular weight excluding hydrogens is 380 g/mol. The lowest BCUT2D eigenvalue weighted by atomic mass is 10.4. The number of benzene rings is 3. The minimum Gasteiger partial charge on any atom is -0.0622 e. The first-order valence-corrected chi connectivity index (χ1v) is 14.7. The maximum Gasteiger partial charge on any atom is 0.269 e. The van der Waals surface area contributed by atoms with E-state index in [-0.39, 0.29) is 0 Å². The van der Waals surface area contributed by atoms with Gasteiger partial charge >= 0.3 is 0 Å². The summed E-state index contributed by atoms with van der Waals surface area (Å²) in [6.45, 7) is 0. The lowest BCUT2D eigenvalue weighted by Gasteiger charge is -2.21. The standard InChI is InChI=1S/C18H16Cl2P3/c19-23(20,18-14-8-3-9-15-18)22(17-12-6-2-7-13-17)21-16-10-4-1-5-11-16/h1-15,21H/q+1. The van der Waals surface area contributed by atoms with Gasteiger partial charge in [-0.25, -0.2) is 0 Å². The molecule has 0 aromatic heterocycles. The van der Waals surface area contributed by atoms with Crippen molar-refractivity contribution in [3.05, 3.63) is 91.0 Å². The molecule has 0 aliphatic carbocycles. The molecule has 2 unspecified atom stereocenters. The van der Waals surface area contributed by atoms with E-state index >= 15 is 0 Å². The second kappa shape index (κ2) is 8.07. The zero-order valence-electron chi connectivity index (χ0n) is 12.3. The van der Waals surface area contributed by atoms with Crippen LogP contribution in [0.4, 0.5) is 0 Å². The Bertz CT molecular complexity index is 734. The van der Waals surface area contributed by atoms with E-state index in [4.69, 9.17) is 22.5 Å². The highest BCUT2D eigenvalue weighted by Gasteiger charge is 2.49. The van der Waals surface area contributed by atoms with Crippen molar-refractivity contribution in [3.8, 4) is 0 Å². The molecule has 0 nitrogen and oxygen atoms in total. The Kier molecular flexibility index (Phi) is 6.09. The normalized spacial score (nSPS) is 13.3. The van der Waals surface area contributed by atoms with Crippen molar-refractivity contribution in [2.24, 2.45) is 0 Å². The molecule has 0 saturated heterocycles. The summed E-state index contributed by atoms with van der Waals surface area (Å²) in [6.07, 6.45) is 0. The molecule has 0 fully saturated rings. The van der Waals surface area contributed by atoms with Crippen molar-refractivity contribution in [1.82, 2.24) is 0 Å². The summed E-state index contributed by atoms with van der Waals surface area (Å²) in [4.78, 5) is 0. The molecule has 0 aliphatic rings. The summed E-state index contributed by atoms with van der Waals surface area (Å²) < 4.78 is 0. The lowest BCUT2D eigenvalue weighted by Crippen LogP contribution is -2.07. The molecule has 3 aromatic rings. The Morgan fingerprint density at radius 3 is 1.70 bits per heavy atom. The molecule has 0 heterocycles. The molecule has 0 spiro atoms. The van der Waals surface area contributed by atoms with Crippen LogP contribution in [-0.4, -0.2) is 0 Å². The lowest BCUT2D eigenvalue weighted by molar-refractivity contribution is 1.77. The average Bonchev–Trinajstić information content (AvgIpc) is 2.62. The average molecular weight is 396 g/mol. The third-order valence-corrected chi connectivity index (χ3v) is 21.2. The first-order valence-electron chi connectivity index (χ1n) is 7.19. The Hall–Kier alpha value is -0.470. The van der Waals surface area contributed by atoms with Gasteiger partial charge in [-0.1, -0.05) is 78.9 Å². The van der Waals surface area contributed by atoms with Gasteiger partial charge in [0.2, 0.25) is 0 Å². The fraction of sp³-hybridized carbons (Fsp3) is 0. The monoisotopic (exact) mass is 395 g/mol. The maximum atomic E-state index is 7.02. The minimum absolute atomic E-state index is 0.600. The van der Waals surface area contributed by atoms with Crippen LogP contribution in [0.3, 0.4) is 0 Å². The van der Waals surface area contributed by atoms with Crippen LogP contribution in [0, 0.1) is 0 Å². The Morgan fingerprint density at radius 2 is 1.13 bits per heavy atom. The maximum absolute atomic E-state index is 7.02. The number of rotatable bonds is 5. The van der Waals surface area contributed by atoms with Crippen LogP contribution in [0.2, 0.25) is 0 Å². The first-order chi connectivity index (χ1) is 11.2. The van der Waals surface area contributed by atoms with Gasteiger partial charge < -0.3 is 0 Å². The highest BCUT2D eigenvalue weighted by molar-refractivity contribution is 8.79. The van der Waals surface area contributed by atoms with Gasteiger partial charge in [-0.05, 0) is 25.7 Å². The van der Waals surface area contributed by atoms with Crippen molar-refractivity contribution in [2.75, 3.05) is 0 Å². The van der Waals surface area contributed by atoms with E-state index in [2.05, 4.69) is 60.7 Å². The number of halogens is 2. The van der Waals surface area contributed by atoms with Crippen LogP contribution < -0.4 is 15.9 Å². The highest BCUT2D eigenvalue weighted by atomic mass is 35.9. The van der Waals surface area contributed by atoms with Gasteiger partial charge in [-0.15, -0.1) is 0 Å². The van der Waals surface area contributed by atoms with Gasteiger partial charge in [-0.2, -0.15) is 0 Å². The van der Waals surface area contributed by atoms with Gasteiger partial charge in [-0.3, -0.25) is 0 Å². The van der Waals surface area contributed by atoms with Crippen LogP contribution in [0.25, 0.3) is 0 Å². The van der Waals surface area contributed by atoms with Crippen molar-refractivity contribution in [1.29, 1.82) is 0 Å². The highest BCUT2D eigenvalue weighted by Crippen LogP contribution is 2.95. The Labute approximate surface area is 150 Å². The number of hydrogen-bond donors (Lipinski definition) is 0. The Balaban J connectivity index is 2.01. The molecule has 116 valence electrons. The molecule has 23 heavy (non-hydrogen) atoms. The topological polar surface area (TPSA) is 0 Å². The van der Waals surface area contributed by atoms with E-state index in [0.29, 0.717) is 8.27 Å². The molecule has 3 aromatic carbocycles. The minimum atomic E-state index is -2.27. The summed E-state index contributed by atoms with van der Waals surface area (Å²) in [7, 11) is -0.0816. The zero-order chi connectivity index (χ0) is 16.1. The second-order valence-electron chi connectivity index (χ2n) is 4.94. The molecule has 0 aliphatic heterocycles. The molecule has 2 atom stereocenters. The Morgan fingerprint density at radius 1 is 0.652 bits per heavy atom. The van der Waals surface area contributed by atoms with Gasteiger partial charge in [0.15, 0.2) is 7.30 Å². The SMILES string of the molecule is Cl[P+](Cl)(c1ccccc1)P(Pc1ccccc1)c1ccccc1. The van der Waals surface area contributed by atoms with Crippen molar-refractivity contribution in [2.45, 2.75) is 0 Å². The van der Waals surface area contributed by atoms with Crippen molar-refractivity contribution >= 4 is 59.6 Å². The largest absolute Gasteiger partial charge is 0.269 e. The van der Waals surface area contributed by atoms with Gasteiger partial charge in [0.05, 0.1) is 0 Å². The first kappa shape index (κ1) is 17.4. The van der Waals surface area contributed by atoms with Gasteiger partial charge in [0.25, 0.3) is 5.66 Å². The van der Waals surface area contributed by atoms with E-state index < -0.39 is 13.0 Å². The smallest absolute Gasteiger partial charge is 0.0622 e. The van der Waals surface area contributed by atoms with Crippen molar-refractivity contribution < 1.29 is 0 Å². The fourth-order valence-corrected chi connectivity index (χ4v) is 16.8. The third kappa shape index (κ3) is 4.33. The summed E-state index contributed by atoms with van der Waals surface area (Å²) in [5.41, 5.74) is -2.27. The predicted molar refractivity (Wildman–Crippen MR) is 112 cm³/mol. The fourth-order valence-electron chi connectivity index (χ4n) is 2.20. The van der Waals surface area contributed by atoms with Crippen LogP contribution in [0.1, 0.15) is 0 Å². The molecule has 0 saturated carbocycles.